The number of para-hydroxylation sites is 2. The molecule has 106 valence electrons. The highest BCUT2D eigenvalue weighted by atomic mass is 32.2. The minimum atomic E-state index is 0.0920. The zero-order chi connectivity index (χ0) is 14.6. The molecule has 0 saturated heterocycles. The van der Waals surface area contributed by atoms with Crippen LogP contribution in [-0.2, 0) is 5.41 Å². The third-order valence-corrected chi connectivity index (χ3v) is 6.13. The van der Waals surface area contributed by atoms with Crippen molar-refractivity contribution in [2.45, 2.75) is 35.5 Å². The summed E-state index contributed by atoms with van der Waals surface area (Å²) >= 11 is 1.89. The predicted octanol–water partition coefficient (Wildman–Crippen LogP) is 5.53. The van der Waals surface area contributed by atoms with Crippen molar-refractivity contribution in [2.24, 2.45) is 0 Å². The Hall–Kier alpha value is -1.67. The first-order chi connectivity index (χ1) is 10.1. The monoisotopic (exact) mass is 293 g/mol. The first kappa shape index (κ1) is 13.0. The summed E-state index contributed by atoms with van der Waals surface area (Å²) in [5.41, 5.74) is 5.54. The number of hydrogen-bond acceptors (Lipinski definition) is 2. The van der Waals surface area contributed by atoms with Gasteiger partial charge in [-0.2, -0.15) is 0 Å². The summed E-state index contributed by atoms with van der Waals surface area (Å²) < 4.78 is 0. The van der Waals surface area contributed by atoms with Gasteiger partial charge in [-0.15, -0.1) is 0 Å². The first-order valence-corrected chi connectivity index (χ1v) is 8.27. The van der Waals surface area contributed by atoms with Crippen molar-refractivity contribution >= 4 is 23.1 Å². The molecule has 0 N–H and O–H groups in total. The number of anilines is 2. The summed E-state index contributed by atoms with van der Waals surface area (Å²) in [6.07, 6.45) is 1.12. The Morgan fingerprint density at radius 1 is 1.14 bits per heavy atom. The lowest BCUT2D eigenvalue weighted by atomic mass is 9.71. The molecule has 0 saturated carbocycles. The van der Waals surface area contributed by atoms with E-state index in [2.05, 4.69) is 67.8 Å². The second kappa shape index (κ2) is 4.41. The molecule has 2 aromatic rings. The molecule has 2 aliphatic heterocycles. The molecule has 0 aliphatic carbocycles. The Bertz CT molecular complexity index is 749. The van der Waals surface area contributed by atoms with Crippen LogP contribution in [0.3, 0.4) is 0 Å². The van der Waals surface area contributed by atoms with Crippen LogP contribution < -0.4 is 4.90 Å². The van der Waals surface area contributed by atoms with E-state index >= 15 is 0 Å². The molecule has 0 fully saturated rings. The maximum Gasteiger partial charge on any atom is 0.0594 e. The van der Waals surface area contributed by atoms with E-state index in [0.29, 0.717) is 0 Å². The Labute approximate surface area is 130 Å². The van der Waals surface area contributed by atoms with Gasteiger partial charge in [0.25, 0.3) is 0 Å². The van der Waals surface area contributed by atoms with Crippen molar-refractivity contribution in [3.8, 4) is 0 Å². The molecular weight excluding hydrogens is 274 g/mol. The Morgan fingerprint density at radius 2 is 1.90 bits per heavy atom. The number of benzene rings is 2. The van der Waals surface area contributed by atoms with Crippen molar-refractivity contribution in [1.82, 2.24) is 0 Å². The molecule has 1 unspecified atom stereocenters. The standard InChI is InChI=1S/C19H19NS/c1-13(2)19(3)11-12-20-15-8-4-5-9-16(15)21-17-10-6-7-14(19)18(17)20/h4-10H,1,11-12H2,2-3H3. The van der Waals surface area contributed by atoms with Gasteiger partial charge in [0.2, 0.25) is 0 Å². The quantitative estimate of drug-likeness (QED) is 0.636. The van der Waals surface area contributed by atoms with Gasteiger partial charge in [-0.25, -0.2) is 0 Å². The average molecular weight is 293 g/mol. The van der Waals surface area contributed by atoms with E-state index in [9.17, 15) is 0 Å². The minimum absolute atomic E-state index is 0.0920. The third-order valence-electron chi connectivity index (χ3n) is 5.02. The predicted molar refractivity (Wildman–Crippen MR) is 90.8 cm³/mol. The highest BCUT2D eigenvalue weighted by Crippen LogP contribution is 2.55. The summed E-state index contributed by atoms with van der Waals surface area (Å²) in [5.74, 6) is 0. The molecule has 1 nitrogen and oxygen atoms in total. The topological polar surface area (TPSA) is 3.24 Å². The number of hydrogen-bond donors (Lipinski definition) is 0. The van der Waals surface area contributed by atoms with Gasteiger partial charge in [-0.05, 0) is 37.1 Å². The van der Waals surface area contributed by atoms with Crippen LogP contribution in [0.2, 0.25) is 0 Å². The molecule has 2 heteroatoms. The van der Waals surface area contributed by atoms with Crippen LogP contribution in [0.15, 0.2) is 64.4 Å². The second-order valence-electron chi connectivity index (χ2n) is 6.24. The van der Waals surface area contributed by atoms with E-state index in [1.54, 1.807) is 0 Å². The van der Waals surface area contributed by atoms with Gasteiger partial charge >= 0.3 is 0 Å². The van der Waals surface area contributed by atoms with E-state index < -0.39 is 0 Å². The van der Waals surface area contributed by atoms with Crippen LogP contribution in [-0.4, -0.2) is 6.54 Å². The highest BCUT2D eigenvalue weighted by molar-refractivity contribution is 7.99. The Morgan fingerprint density at radius 3 is 2.71 bits per heavy atom. The fraction of sp³-hybridized carbons (Fsp3) is 0.263. The largest absolute Gasteiger partial charge is 0.339 e. The van der Waals surface area contributed by atoms with Gasteiger partial charge in [0.05, 0.1) is 11.4 Å². The Kier molecular flexibility index (Phi) is 2.74. The zero-order valence-electron chi connectivity index (χ0n) is 12.5. The van der Waals surface area contributed by atoms with Gasteiger partial charge in [-0.1, -0.05) is 55.1 Å². The second-order valence-corrected chi connectivity index (χ2v) is 7.32. The smallest absolute Gasteiger partial charge is 0.0594 e. The number of rotatable bonds is 1. The van der Waals surface area contributed by atoms with E-state index in [-0.39, 0.29) is 5.41 Å². The first-order valence-electron chi connectivity index (χ1n) is 7.45. The Balaban J connectivity index is 1.97. The number of fused-ring (bicyclic) bond motifs is 2. The minimum Gasteiger partial charge on any atom is -0.339 e. The van der Waals surface area contributed by atoms with Crippen LogP contribution in [0.1, 0.15) is 25.8 Å². The summed E-state index contributed by atoms with van der Waals surface area (Å²) in [6.45, 7) is 9.83. The molecule has 21 heavy (non-hydrogen) atoms. The summed E-state index contributed by atoms with van der Waals surface area (Å²) in [7, 11) is 0. The number of allylic oxidation sites excluding steroid dienone is 1. The highest BCUT2D eigenvalue weighted by Gasteiger charge is 2.39. The summed E-state index contributed by atoms with van der Waals surface area (Å²) in [4.78, 5) is 5.24. The van der Waals surface area contributed by atoms with Crippen LogP contribution in [0.4, 0.5) is 11.4 Å². The molecular formula is C19H19NS. The van der Waals surface area contributed by atoms with Crippen LogP contribution in [0, 0.1) is 0 Å². The number of nitrogens with zero attached hydrogens (tertiary/aromatic N) is 1. The van der Waals surface area contributed by atoms with E-state index in [4.69, 9.17) is 0 Å². The molecule has 1 atom stereocenters. The van der Waals surface area contributed by atoms with Crippen LogP contribution in [0.25, 0.3) is 0 Å². The van der Waals surface area contributed by atoms with Gasteiger partial charge in [0.15, 0.2) is 0 Å². The lowest BCUT2D eigenvalue weighted by Gasteiger charge is -2.45. The van der Waals surface area contributed by atoms with Crippen molar-refractivity contribution in [3.05, 3.63) is 60.2 Å². The van der Waals surface area contributed by atoms with E-state index in [1.165, 1.54) is 32.3 Å². The van der Waals surface area contributed by atoms with Gasteiger partial charge in [0, 0.05) is 21.8 Å². The maximum atomic E-state index is 4.27. The van der Waals surface area contributed by atoms with Gasteiger partial charge in [-0.3, -0.25) is 0 Å². The van der Waals surface area contributed by atoms with E-state index in [0.717, 1.165) is 13.0 Å². The van der Waals surface area contributed by atoms with Crippen molar-refractivity contribution in [1.29, 1.82) is 0 Å². The fourth-order valence-electron chi connectivity index (χ4n) is 3.48. The molecule has 2 heterocycles. The molecule has 2 aliphatic rings. The van der Waals surface area contributed by atoms with Crippen molar-refractivity contribution in [2.75, 3.05) is 11.4 Å². The third kappa shape index (κ3) is 1.72. The van der Waals surface area contributed by atoms with Crippen molar-refractivity contribution in [3.63, 3.8) is 0 Å². The van der Waals surface area contributed by atoms with Crippen LogP contribution >= 0.6 is 11.8 Å². The molecule has 0 spiro atoms. The molecule has 0 radical (unpaired) electrons. The van der Waals surface area contributed by atoms with Crippen molar-refractivity contribution < 1.29 is 0 Å². The van der Waals surface area contributed by atoms with Crippen LogP contribution in [0.5, 0.6) is 0 Å². The van der Waals surface area contributed by atoms with Gasteiger partial charge < -0.3 is 4.90 Å². The fourth-order valence-corrected chi connectivity index (χ4v) is 4.61. The zero-order valence-corrected chi connectivity index (χ0v) is 13.3. The summed E-state index contributed by atoms with van der Waals surface area (Å²) in [6, 6.07) is 15.5. The summed E-state index contributed by atoms with van der Waals surface area (Å²) in [5, 5.41) is 0. The lowest BCUT2D eigenvalue weighted by Crippen LogP contribution is -2.38. The van der Waals surface area contributed by atoms with E-state index in [1.807, 2.05) is 11.8 Å². The molecule has 0 bridgehead atoms. The SMILES string of the molecule is C=C(C)C1(C)CCN2c3ccccc3Sc3cccc1c32. The maximum absolute atomic E-state index is 4.27. The lowest BCUT2D eigenvalue weighted by molar-refractivity contribution is 0.491. The molecule has 4 rings (SSSR count). The van der Waals surface area contributed by atoms with Gasteiger partial charge in [0.1, 0.15) is 0 Å². The average Bonchev–Trinajstić information content (AvgIpc) is 2.50. The normalized spacial score (nSPS) is 22.5. The molecule has 0 aromatic heterocycles. The molecule has 0 amide bonds. The molecule has 2 aromatic carbocycles.